The molecule has 0 aliphatic rings. The summed E-state index contributed by atoms with van der Waals surface area (Å²) in [7, 11) is 0. The van der Waals surface area contributed by atoms with Gasteiger partial charge in [-0.3, -0.25) is 0 Å². The number of halogens is 3. The summed E-state index contributed by atoms with van der Waals surface area (Å²) in [6, 6.07) is 4.79. The highest BCUT2D eigenvalue weighted by Gasteiger charge is 2.30. The molecule has 0 spiro atoms. The Morgan fingerprint density at radius 2 is 1.95 bits per heavy atom. The normalized spacial score (nSPS) is 11.2. The van der Waals surface area contributed by atoms with E-state index < -0.39 is 23.7 Å². The van der Waals surface area contributed by atoms with E-state index in [9.17, 15) is 22.8 Å². The van der Waals surface area contributed by atoms with Gasteiger partial charge in [-0.1, -0.05) is 6.07 Å². The molecular formula is C12H6F3NO4S. The lowest BCUT2D eigenvalue weighted by atomic mass is 10.2. The summed E-state index contributed by atoms with van der Waals surface area (Å²) in [5.41, 5.74) is -1.29. The van der Waals surface area contributed by atoms with Crippen LogP contribution in [0.1, 0.15) is 25.7 Å². The molecule has 1 aromatic heterocycles. The van der Waals surface area contributed by atoms with Crippen molar-refractivity contribution in [1.29, 1.82) is 0 Å². The highest BCUT2D eigenvalue weighted by molar-refractivity contribution is 7.08. The van der Waals surface area contributed by atoms with Crippen molar-refractivity contribution in [1.82, 2.24) is 4.37 Å². The van der Waals surface area contributed by atoms with Crippen molar-refractivity contribution in [3.8, 4) is 5.75 Å². The molecule has 0 aliphatic carbocycles. The lowest BCUT2D eigenvalue weighted by molar-refractivity contribution is -0.137. The Bertz CT molecular complexity index is 696. The van der Waals surface area contributed by atoms with Crippen LogP contribution in [0.3, 0.4) is 0 Å². The van der Waals surface area contributed by atoms with Gasteiger partial charge in [-0.2, -0.15) is 17.5 Å². The van der Waals surface area contributed by atoms with Gasteiger partial charge in [0, 0.05) is 0 Å². The van der Waals surface area contributed by atoms with Crippen LogP contribution in [-0.2, 0) is 6.18 Å². The number of carboxylic acid groups (broad SMARTS) is 1. The molecule has 0 amide bonds. The van der Waals surface area contributed by atoms with Gasteiger partial charge in [0.15, 0.2) is 5.69 Å². The van der Waals surface area contributed by atoms with Gasteiger partial charge in [-0.15, -0.1) is 0 Å². The summed E-state index contributed by atoms with van der Waals surface area (Å²) in [5, 5.41) is 8.66. The number of nitrogens with zero attached hydrogens (tertiary/aromatic N) is 1. The zero-order valence-corrected chi connectivity index (χ0v) is 10.9. The molecule has 1 aromatic carbocycles. The molecule has 2 rings (SSSR count). The van der Waals surface area contributed by atoms with Crippen molar-refractivity contribution in [3.63, 3.8) is 0 Å². The second-order valence-electron chi connectivity index (χ2n) is 3.80. The molecule has 0 atom stereocenters. The molecule has 2 aromatic rings. The molecule has 0 saturated heterocycles. The first kappa shape index (κ1) is 15.0. The van der Waals surface area contributed by atoms with Crippen LogP contribution in [0.5, 0.6) is 5.75 Å². The van der Waals surface area contributed by atoms with E-state index in [2.05, 4.69) is 4.37 Å². The minimum absolute atomic E-state index is 0.121. The zero-order valence-electron chi connectivity index (χ0n) is 10.0. The Balaban J connectivity index is 2.17. The summed E-state index contributed by atoms with van der Waals surface area (Å²) >= 11 is 0.587. The average molecular weight is 317 g/mol. The Morgan fingerprint density at radius 1 is 1.24 bits per heavy atom. The minimum Gasteiger partial charge on any atom is -0.476 e. The summed E-state index contributed by atoms with van der Waals surface area (Å²) in [6.07, 6.45) is -4.55. The third kappa shape index (κ3) is 3.57. The van der Waals surface area contributed by atoms with Gasteiger partial charge < -0.3 is 9.84 Å². The maximum atomic E-state index is 12.5. The monoisotopic (exact) mass is 317 g/mol. The molecule has 0 radical (unpaired) electrons. The molecule has 21 heavy (non-hydrogen) atoms. The third-order valence-electron chi connectivity index (χ3n) is 2.30. The van der Waals surface area contributed by atoms with Crippen molar-refractivity contribution in [2.24, 2.45) is 0 Å². The molecule has 1 N–H and O–H groups in total. The quantitative estimate of drug-likeness (QED) is 0.695. The van der Waals surface area contributed by atoms with Crippen LogP contribution < -0.4 is 4.74 Å². The van der Waals surface area contributed by atoms with Gasteiger partial charge in [-0.05, 0) is 35.8 Å². The van der Waals surface area contributed by atoms with E-state index in [0.717, 1.165) is 18.2 Å². The number of benzene rings is 1. The minimum atomic E-state index is -4.55. The first-order chi connectivity index (χ1) is 9.77. The van der Waals surface area contributed by atoms with Gasteiger partial charge in [0.05, 0.1) is 5.56 Å². The van der Waals surface area contributed by atoms with Crippen molar-refractivity contribution < 1.29 is 32.6 Å². The standard InChI is InChI=1S/C12H6F3NO4S/c13-12(14,15)6-2-1-3-7(4-6)20-11(19)9-5-8(10(17)18)16-21-9/h1-5H,(H,17,18). The number of aromatic nitrogens is 1. The molecule has 0 bridgehead atoms. The maximum Gasteiger partial charge on any atom is 0.416 e. The number of aromatic carboxylic acids is 1. The van der Waals surface area contributed by atoms with E-state index >= 15 is 0 Å². The van der Waals surface area contributed by atoms with Crippen molar-refractivity contribution >= 4 is 23.5 Å². The Labute approximate surface area is 119 Å². The fourth-order valence-electron chi connectivity index (χ4n) is 1.37. The number of esters is 1. The molecule has 110 valence electrons. The molecule has 0 fully saturated rings. The van der Waals surface area contributed by atoms with E-state index in [1.54, 1.807) is 0 Å². The fourth-order valence-corrected chi connectivity index (χ4v) is 1.97. The number of hydrogen-bond donors (Lipinski definition) is 1. The van der Waals surface area contributed by atoms with Crippen LogP contribution in [0.4, 0.5) is 13.2 Å². The Kier molecular flexibility index (Phi) is 3.94. The fraction of sp³-hybridized carbons (Fsp3) is 0.0833. The van der Waals surface area contributed by atoms with E-state index in [0.29, 0.717) is 17.6 Å². The second-order valence-corrected chi connectivity index (χ2v) is 4.60. The highest BCUT2D eigenvalue weighted by atomic mass is 32.1. The van der Waals surface area contributed by atoms with E-state index in [1.807, 2.05) is 0 Å². The largest absolute Gasteiger partial charge is 0.476 e. The first-order valence-corrected chi connectivity index (χ1v) is 6.14. The van der Waals surface area contributed by atoms with Gasteiger partial charge in [0.2, 0.25) is 0 Å². The van der Waals surface area contributed by atoms with Crippen LogP contribution in [-0.4, -0.2) is 21.4 Å². The summed E-state index contributed by atoms with van der Waals surface area (Å²) < 4.78 is 45.8. The van der Waals surface area contributed by atoms with Crippen LogP contribution in [0.25, 0.3) is 0 Å². The molecule has 5 nitrogen and oxygen atoms in total. The van der Waals surface area contributed by atoms with Gasteiger partial charge >= 0.3 is 18.1 Å². The van der Waals surface area contributed by atoms with E-state index in [4.69, 9.17) is 9.84 Å². The van der Waals surface area contributed by atoms with Crippen LogP contribution in [0.15, 0.2) is 30.3 Å². The third-order valence-corrected chi connectivity index (χ3v) is 3.07. The number of carboxylic acids is 1. The summed E-state index contributed by atoms with van der Waals surface area (Å²) in [4.78, 5) is 22.2. The summed E-state index contributed by atoms with van der Waals surface area (Å²) in [6.45, 7) is 0. The van der Waals surface area contributed by atoms with E-state index in [-0.39, 0.29) is 16.3 Å². The van der Waals surface area contributed by atoms with Crippen molar-refractivity contribution in [2.75, 3.05) is 0 Å². The molecular weight excluding hydrogens is 311 g/mol. The van der Waals surface area contributed by atoms with Crippen molar-refractivity contribution in [2.45, 2.75) is 6.18 Å². The summed E-state index contributed by atoms with van der Waals surface area (Å²) in [5.74, 6) is -2.58. The van der Waals surface area contributed by atoms with Crippen LogP contribution >= 0.6 is 11.5 Å². The topological polar surface area (TPSA) is 76.5 Å². The second kappa shape index (κ2) is 5.52. The number of carbonyl (C=O) groups excluding carboxylic acids is 1. The number of hydrogen-bond acceptors (Lipinski definition) is 5. The number of alkyl halides is 3. The van der Waals surface area contributed by atoms with E-state index in [1.165, 1.54) is 6.07 Å². The van der Waals surface area contributed by atoms with Gasteiger partial charge in [0.25, 0.3) is 0 Å². The van der Waals surface area contributed by atoms with Gasteiger partial charge in [-0.25, -0.2) is 9.59 Å². The SMILES string of the molecule is O=C(O)c1cc(C(=O)Oc2cccc(C(F)(F)F)c2)sn1. The maximum absolute atomic E-state index is 12.5. The zero-order chi connectivity index (χ0) is 15.6. The molecule has 1 heterocycles. The number of rotatable bonds is 3. The van der Waals surface area contributed by atoms with Crippen LogP contribution in [0.2, 0.25) is 0 Å². The Hall–Kier alpha value is -2.42. The molecule has 0 unspecified atom stereocenters. The number of carbonyl (C=O) groups is 2. The highest BCUT2D eigenvalue weighted by Crippen LogP contribution is 2.31. The Morgan fingerprint density at radius 3 is 2.52 bits per heavy atom. The predicted molar refractivity (Wildman–Crippen MR) is 65.5 cm³/mol. The average Bonchev–Trinajstić information content (AvgIpc) is 2.88. The number of ether oxygens (including phenoxy) is 1. The van der Waals surface area contributed by atoms with Gasteiger partial charge in [0.1, 0.15) is 10.6 Å². The molecule has 9 heteroatoms. The van der Waals surface area contributed by atoms with Crippen molar-refractivity contribution in [3.05, 3.63) is 46.5 Å². The molecule has 0 saturated carbocycles. The first-order valence-electron chi connectivity index (χ1n) is 5.37. The van der Waals surface area contributed by atoms with Crippen LogP contribution in [0, 0.1) is 0 Å². The predicted octanol–water partition coefficient (Wildman–Crippen LogP) is 3.08. The smallest absolute Gasteiger partial charge is 0.416 e. The lowest BCUT2D eigenvalue weighted by Crippen LogP contribution is -2.09. The molecule has 0 aliphatic heterocycles. The lowest BCUT2D eigenvalue weighted by Gasteiger charge is -2.08.